The van der Waals surface area contributed by atoms with Gasteiger partial charge in [0.05, 0.1) is 12.2 Å². The first-order chi connectivity index (χ1) is 7.85. The van der Waals surface area contributed by atoms with Crippen LogP contribution in [0.25, 0.3) is 0 Å². The number of ether oxygens (including phenoxy) is 1. The van der Waals surface area contributed by atoms with Gasteiger partial charge in [0.25, 0.3) is 0 Å². The zero-order chi connectivity index (χ0) is 12.6. The predicted octanol–water partition coefficient (Wildman–Crippen LogP) is 0.762. The number of nitrogens with zero attached hydrogens (tertiary/aromatic N) is 2. The highest BCUT2D eigenvalue weighted by atomic mass is 16.6. The van der Waals surface area contributed by atoms with Crippen LogP contribution in [0.1, 0.15) is 32.2 Å². The van der Waals surface area contributed by atoms with E-state index in [-0.39, 0.29) is 11.9 Å². The van der Waals surface area contributed by atoms with E-state index in [1.807, 2.05) is 20.8 Å². The quantitative estimate of drug-likeness (QED) is 0.622. The molecule has 0 unspecified atom stereocenters. The van der Waals surface area contributed by atoms with Gasteiger partial charge in [-0.15, -0.1) is 0 Å². The van der Waals surface area contributed by atoms with Crippen molar-refractivity contribution in [2.75, 3.05) is 6.54 Å². The van der Waals surface area contributed by atoms with Crippen molar-refractivity contribution in [1.82, 2.24) is 9.88 Å². The third-order valence-electron chi connectivity index (χ3n) is 2.40. The lowest BCUT2D eigenvalue weighted by Gasteiger charge is -2.28. The molecule has 6 heteroatoms. The lowest BCUT2D eigenvalue weighted by Crippen LogP contribution is -2.39. The van der Waals surface area contributed by atoms with Crippen LogP contribution < -0.4 is 5.79 Å². The summed E-state index contributed by atoms with van der Waals surface area (Å²) in [6.07, 6.45) is 0.313. The molecule has 0 spiro atoms. The van der Waals surface area contributed by atoms with Crippen LogP contribution >= 0.6 is 0 Å². The topological polar surface area (TPSA) is 55.6 Å². The van der Waals surface area contributed by atoms with Crippen molar-refractivity contribution in [3.05, 3.63) is 11.5 Å². The molecular formula is C11H15BN2O3. The molecule has 2 radical (unpaired) electrons. The van der Waals surface area contributed by atoms with Gasteiger partial charge in [0.1, 0.15) is 17.2 Å². The standard InChI is InChI=1S/C11H15BN2O3/c1-11(2,3)17-10(15)14-5-4-7-8(6-14)16-9(12)13-7/h4-6H2,1-3H3. The van der Waals surface area contributed by atoms with Crippen LogP contribution in [-0.4, -0.2) is 36.0 Å². The van der Waals surface area contributed by atoms with Gasteiger partial charge >= 0.3 is 6.09 Å². The Bertz CT molecular complexity index is 436. The van der Waals surface area contributed by atoms with E-state index in [4.69, 9.17) is 17.0 Å². The first kappa shape index (κ1) is 12.0. The summed E-state index contributed by atoms with van der Waals surface area (Å²) in [5, 5.41) is 0. The molecule has 2 rings (SSSR count). The number of oxazole rings is 1. The SMILES string of the molecule is [B]c1nc2c(o1)CN(C(=O)OC(C)(C)C)CC2. The lowest BCUT2D eigenvalue weighted by molar-refractivity contribution is 0.0209. The molecule has 0 bridgehead atoms. The minimum Gasteiger partial charge on any atom is -0.455 e. The molecule has 17 heavy (non-hydrogen) atoms. The monoisotopic (exact) mass is 234 g/mol. The fraction of sp³-hybridized carbons (Fsp3) is 0.636. The smallest absolute Gasteiger partial charge is 0.410 e. The Morgan fingerprint density at radius 3 is 2.88 bits per heavy atom. The molecule has 1 aromatic heterocycles. The zero-order valence-corrected chi connectivity index (χ0v) is 10.3. The zero-order valence-electron chi connectivity index (χ0n) is 10.3. The molecule has 1 amide bonds. The first-order valence-electron chi connectivity index (χ1n) is 5.57. The van der Waals surface area contributed by atoms with Crippen LogP contribution in [0.2, 0.25) is 0 Å². The summed E-state index contributed by atoms with van der Waals surface area (Å²) in [5.74, 6) is 0.806. The van der Waals surface area contributed by atoms with Gasteiger partial charge in [0.2, 0.25) is 0 Å². The number of rotatable bonds is 0. The molecule has 1 aromatic rings. The number of hydrogen-bond acceptors (Lipinski definition) is 4. The lowest BCUT2D eigenvalue weighted by atomic mass is 10.1. The maximum absolute atomic E-state index is 11.8. The van der Waals surface area contributed by atoms with Crippen molar-refractivity contribution >= 4 is 19.7 Å². The van der Waals surface area contributed by atoms with E-state index in [1.54, 1.807) is 4.90 Å². The van der Waals surface area contributed by atoms with Crippen molar-refractivity contribution in [3.8, 4) is 0 Å². The van der Waals surface area contributed by atoms with Crippen molar-refractivity contribution < 1.29 is 13.9 Å². The number of hydrogen-bond donors (Lipinski definition) is 0. The highest BCUT2D eigenvalue weighted by Crippen LogP contribution is 2.19. The molecule has 90 valence electrons. The van der Waals surface area contributed by atoms with Gasteiger partial charge in [-0.3, -0.25) is 0 Å². The Labute approximate surface area is 102 Å². The van der Waals surface area contributed by atoms with Gasteiger partial charge in [0.15, 0.2) is 7.85 Å². The van der Waals surface area contributed by atoms with E-state index < -0.39 is 5.60 Å². The van der Waals surface area contributed by atoms with Crippen LogP contribution in [0.15, 0.2) is 4.42 Å². The Morgan fingerprint density at radius 2 is 2.24 bits per heavy atom. The third-order valence-corrected chi connectivity index (χ3v) is 2.40. The largest absolute Gasteiger partial charge is 0.455 e. The van der Waals surface area contributed by atoms with Crippen LogP contribution in [0, 0.1) is 0 Å². The van der Waals surface area contributed by atoms with Crippen molar-refractivity contribution in [1.29, 1.82) is 0 Å². The summed E-state index contributed by atoms with van der Waals surface area (Å²) in [7, 11) is 5.47. The minimum atomic E-state index is -0.488. The molecule has 0 aliphatic carbocycles. The first-order valence-corrected chi connectivity index (χ1v) is 5.57. The molecule has 0 saturated heterocycles. The van der Waals surface area contributed by atoms with E-state index in [0.717, 1.165) is 5.69 Å². The second-order valence-electron chi connectivity index (χ2n) is 5.07. The third kappa shape index (κ3) is 2.81. The number of amides is 1. The van der Waals surface area contributed by atoms with E-state index in [9.17, 15) is 4.79 Å². The molecule has 1 aliphatic heterocycles. The number of aromatic nitrogens is 1. The normalized spacial score (nSPS) is 15.6. The Hall–Kier alpha value is -1.46. The average Bonchev–Trinajstić information content (AvgIpc) is 2.53. The van der Waals surface area contributed by atoms with Gasteiger partial charge in [-0.2, -0.15) is 0 Å². The summed E-state index contributed by atoms with van der Waals surface area (Å²) in [6.45, 7) is 6.47. The van der Waals surface area contributed by atoms with E-state index >= 15 is 0 Å². The maximum Gasteiger partial charge on any atom is 0.410 e. The molecule has 0 aromatic carbocycles. The summed E-state index contributed by atoms with van der Waals surface area (Å²) >= 11 is 0. The summed E-state index contributed by atoms with van der Waals surface area (Å²) in [4.78, 5) is 17.5. The molecule has 1 aliphatic rings. The van der Waals surface area contributed by atoms with Crippen LogP contribution in [0.5, 0.6) is 0 Å². The second kappa shape index (κ2) is 4.09. The van der Waals surface area contributed by atoms with Crippen molar-refractivity contribution in [2.24, 2.45) is 0 Å². The van der Waals surface area contributed by atoms with Crippen LogP contribution in [-0.2, 0) is 17.7 Å². The summed E-state index contributed by atoms with van der Waals surface area (Å²) in [5.41, 5.74) is 0.347. The molecular weight excluding hydrogens is 219 g/mol. The fourth-order valence-corrected chi connectivity index (χ4v) is 1.70. The molecule has 0 saturated carbocycles. The molecule has 2 heterocycles. The van der Waals surface area contributed by atoms with Gasteiger partial charge in [-0.25, -0.2) is 9.78 Å². The number of carbonyl (C=O) groups excluding carboxylic acids is 1. The van der Waals surface area contributed by atoms with Gasteiger partial charge in [-0.1, -0.05) is 0 Å². The number of carbonyl (C=O) groups is 1. The highest BCUT2D eigenvalue weighted by molar-refractivity contribution is 6.28. The Balaban J connectivity index is 2.05. The molecule has 5 nitrogen and oxygen atoms in total. The number of fused-ring (bicyclic) bond motifs is 1. The summed E-state index contributed by atoms with van der Waals surface area (Å²) in [6, 6.07) is 0. The van der Waals surface area contributed by atoms with Crippen molar-refractivity contribution in [3.63, 3.8) is 0 Å². The average molecular weight is 234 g/mol. The van der Waals surface area contributed by atoms with Gasteiger partial charge in [0, 0.05) is 13.0 Å². The second-order valence-corrected chi connectivity index (χ2v) is 5.07. The maximum atomic E-state index is 11.8. The van der Waals surface area contributed by atoms with Gasteiger partial charge < -0.3 is 14.1 Å². The van der Waals surface area contributed by atoms with E-state index in [1.165, 1.54) is 0 Å². The molecule has 0 atom stereocenters. The van der Waals surface area contributed by atoms with Crippen LogP contribution in [0.4, 0.5) is 4.79 Å². The van der Waals surface area contributed by atoms with Crippen LogP contribution in [0.3, 0.4) is 0 Å². The molecule has 0 fully saturated rings. The van der Waals surface area contributed by atoms with E-state index in [2.05, 4.69) is 4.98 Å². The van der Waals surface area contributed by atoms with E-state index in [0.29, 0.717) is 25.3 Å². The van der Waals surface area contributed by atoms with Crippen molar-refractivity contribution in [2.45, 2.75) is 39.3 Å². The predicted molar refractivity (Wildman–Crippen MR) is 62.2 cm³/mol. The fourth-order valence-electron chi connectivity index (χ4n) is 1.70. The highest BCUT2D eigenvalue weighted by Gasteiger charge is 2.28. The minimum absolute atomic E-state index is 0.154. The summed E-state index contributed by atoms with van der Waals surface area (Å²) < 4.78 is 10.5. The van der Waals surface area contributed by atoms with Gasteiger partial charge in [-0.05, 0) is 20.8 Å². The Morgan fingerprint density at radius 1 is 1.53 bits per heavy atom. The Kier molecular flexibility index (Phi) is 2.89. The molecule has 0 N–H and O–H groups in total.